The molecule has 0 aliphatic carbocycles. The summed E-state index contributed by atoms with van der Waals surface area (Å²) in [6.45, 7) is 0. The lowest BCUT2D eigenvalue weighted by atomic mass is 10.2. The number of hydrogen-bond donors (Lipinski definition) is 1. The molecule has 0 fully saturated rings. The van der Waals surface area contributed by atoms with Crippen LogP contribution >= 0.6 is 23.2 Å². The van der Waals surface area contributed by atoms with Crippen LogP contribution in [0.1, 0.15) is 10.4 Å². The third-order valence-corrected chi connectivity index (χ3v) is 5.00. The van der Waals surface area contributed by atoms with E-state index in [2.05, 4.69) is 10.3 Å². The van der Waals surface area contributed by atoms with Crippen LogP contribution in [-0.2, 0) is 0 Å². The zero-order valence-electron chi connectivity index (χ0n) is 14.7. The molecule has 0 bridgehead atoms. The number of fused-ring (bicyclic) bond motifs is 1. The maximum atomic E-state index is 12.4. The van der Waals surface area contributed by atoms with E-state index in [4.69, 9.17) is 32.4 Å². The van der Waals surface area contributed by atoms with Crippen molar-refractivity contribution in [3.63, 3.8) is 0 Å². The summed E-state index contributed by atoms with van der Waals surface area (Å²) in [5, 5.41) is 3.65. The van der Waals surface area contributed by atoms with Gasteiger partial charge in [-0.25, -0.2) is 4.98 Å². The minimum atomic E-state index is -0.233. The molecular weight excluding hydrogens is 399 g/mol. The van der Waals surface area contributed by atoms with E-state index in [9.17, 15) is 4.79 Å². The van der Waals surface area contributed by atoms with E-state index in [0.717, 1.165) is 0 Å². The first-order chi connectivity index (χ1) is 13.5. The van der Waals surface area contributed by atoms with Crippen LogP contribution in [0.5, 0.6) is 5.75 Å². The second-order valence-corrected chi connectivity index (χ2v) is 6.77. The van der Waals surface area contributed by atoms with Crippen LogP contribution in [0.2, 0.25) is 10.0 Å². The zero-order valence-corrected chi connectivity index (χ0v) is 16.2. The second kappa shape index (κ2) is 7.54. The fraction of sp³-hybridized carbons (Fsp3) is 0.0476. The Bertz CT molecular complexity index is 1170. The number of nitrogens with zero attached hydrogens (tertiary/aromatic N) is 1. The summed E-state index contributed by atoms with van der Waals surface area (Å²) in [6.07, 6.45) is 0. The molecule has 0 saturated heterocycles. The third kappa shape index (κ3) is 3.54. The molecule has 0 spiro atoms. The highest BCUT2D eigenvalue weighted by molar-refractivity contribution is 6.43. The number of benzene rings is 3. The average molecular weight is 413 g/mol. The number of nitrogens with one attached hydrogen (secondary N) is 1. The smallest absolute Gasteiger partial charge is 0.255 e. The average Bonchev–Trinajstić information content (AvgIpc) is 3.13. The number of halogens is 2. The standard InChI is InChI=1S/C21H14Cl2N2O3/c1-27-14-8-5-12(6-9-14)20(26)24-13-7-10-18-17(11-13)25-21(28-18)15-3-2-4-16(22)19(15)23/h2-11H,1H3,(H,24,26). The monoisotopic (exact) mass is 412 g/mol. The minimum absolute atomic E-state index is 0.233. The largest absolute Gasteiger partial charge is 0.497 e. The van der Waals surface area contributed by atoms with Gasteiger partial charge in [0.2, 0.25) is 5.89 Å². The molecule has 0 aliphatic rings. The molecule has 1 N–H and O–H groups in total. The number of rotatable bonds is 4. The first-order valence-electron chi connectivity index (χ1n) is 8.35. The van der Waals surface area contributed by atoms with Gasteiger partial charge in [0, 0.05) is 11.3 Å². The Morgan fingerprint density at radius 2 is 1.86 bits per heavy atom. The van der Waals surface area contributed by atoms with Crippen molar-refractivity contribution in [1.29, 1.82) is 0 Å². The number of carbonyl (C=O) groups excluding carboxylic acids is 1. The van der Waals surface area contributed by atoms with Gasteiger partial charge < -0.3 is 14.5 Å². The maximum absolute atomic E-state index is 12.4. The molecule has 0 radical (unpaired) electrons. The van der Waals surface area contributed by atoms with Crippen molar-refractivity contribution in [3.8, 4) is 17.2 Å². The molecule has 4 rings (SSSR count). The predicted molar refractivity (Wildman–Crippen MR) is 110 cm³/mol. The van der Waals surface area contributed by atoms with Gasteiger partial charge in [0.25, 0.3) is 5.91 Å². The molecular formula is C21H14Cl2N2O3. The second-order valence-electron chi connectivity index (χ2n) is 5.99. The highest BCUT2D eigenvalue weighted by atomic mass is 35.5. The normalized spacial score (nSPS) is 10.8. The molecule has 1 aromatic heterocycles. The van der Waals surface area contributed by atoms with E-state index in [1.165, 1.54) is 0 Å². The summed E-state index contributed by atoms with van der Waals surface area (Å²) < 4.78 is 10.9. The molecule has 0 atom stereocenters. The van der Waals surface area contributed by atoms with Crippen molar-refractivity contribution in [2.24, 2.45) is 0 Å². The molecule has 0 saturated carbocycles. The molecule has 5 nitrogen and oxygen atoms in total. The van der Waals surface area contributed by atoms with Gasteiger partial charge in [0.05, 0.1) is 22.7 Å². The van der Waals surface area contributed by atoms with Gasteiger partial charge in [-0.3, -0.25) is 4.79 Å². The summed E-state index contributed by atoms with van der Waals surface area (Å²) in [4.78, 5) is 16.9. The van der Waals surface area contributed by atoms with E-state index >= 15 is 0 Å². The van der Waals surface area contributed by atoms with Crippen molar-refractivity contribution < 1.29 is 13.9 Å². The molecule has 140 valence electrons. The lowest BCUT2D eigenvalue weighted by molar-refractivity contribution is 0.102. The fourth-order valence-corrected chi connectivity index (χ4v) is 3.12. The summed E-state index contributed by atoms with van der Waals surface area (Å²) in [5.74, 6) is 0.817. The molecule has 7 heteroatoms. The van der Waals surface area contributed by atoms with E-state index < -0.39 is 0 Å². The lowest BCUT2D eigenvalue weighted by Gasteiger charge is -2.06. The van der Waals surface area contributed by atoms with E-state index in [-0.39, 0.29) is 5.91 Å². The number of methoxy groups -OCH3 is 1. The Hall–Kier alpha value is -3.02. The summed E-state index contributed by atoms with van der Waals surface area (Å²) in [7, 11) is 1.58. The minimum Gasteiger partial charge on any atom is -0.497 e. The van der Waals surface area contributed by atoms with E-state index in [1.54, 1.807) is 67.8 Å². The predicted octanol–water partition coefficient (Wildman–Crippen LogP) is 6.06. The summed E-state index contributed by atoms with van der Waals surface area (Å²) in [5.41, 5.74) is 2.90. The maximum Gasteiger partial charge on any atom is 0.255 e. The van der Waals surface area contributed by atoms with E-state index in [1.807, 2.05) is 0 Å². The first kappa shape index (κ1) is 18.3. The SMILES string of the molecule is COc1ccc(C(=O)Nc2ccc3oc(-c4cccc(Cl)c4Cl)nc3c2)cc1. The summed E-state index contributed by atoms with van der Waals surface area (Å²) >= 11 is 12.3. The number of anilines is 1. The van der Waals surface area contributed by atoms with Gasteiger partial charge in [-0.05, 0) is 54.6 Å². The molecule has 0 unspecified atom stereocenters. The van der Waals surface area contributed by atoms with Crippen LogP contribution in [0.3, 0.4) is 0 Å². The highest BCUT2D eigenvalue weighted by Crippen LogP contribution is 2.34. The number of carbonyl (C=O) groups is 1. The number of ether oxygens (including phenoxy) is 1. The van der Waals surface area contributed by atoms with Crippen LogP contribution in [0.25, 0.3) is 22.6 Å². The third-order valence-electron chi connectivity index (χ3n) is 4.18. The number of hydrogen-bond acceptors (Lipinski definition) is 4. The summed E-state index contributed by atoms with van der Waals surface area (Å²) in [6, 6.07) is 17.3. The van der Waals surface area contributed by atoms with Gasteiger partial charge in [0.15, 0.2) is 5.58 Å². The Kier molecular flexibility index (Phi) is 4.94. The van der Waals surface area contributed by atoms with Crippen molar-refractivity contribution >= 4 is 45.9 Å². The molecule has 1 amide bonds. The number of amides is 1. The van der Waals surface area contributed by atoms with Gasteiger partial charge in [-0.2, -0.15) is 0 Å². The topological polar surface area (TPSA) is 64.4 Å². The van der Waals surface area contributed by atoms with Crippen LogP contribution < -0.4 is 10.1 Å². The van der Waals surface area contributed by atoms with Crippen LogP contribution in [-0.4, -0.2) is 18.0 Å². The van der Waals surface area contributed by atoms with Crippen LogP contribution in [0, 0.1) is 0 Å². The first-order valence-corrected chi connectivity index (χ1v) is 9.11. The quantitative estimate of drug-likeness (QED) is 0.442. The Balaban J connectivity index is 1.61. The molecule has 1 heterocycles. The molecule has 28 heavy (non-hydrogen) atoms. The fourth-order valence-electron chi connectivity index (χ4n) is 2.74. The van der Waals surface area contributed by atoms with E-state index in [0.29, 0.717) is 49.6 Å². The van der Waals surface area contributed by atoms with Gasteiger partial charge >= 0.3 is 0 Å². The van der Waals surface area contributed by atoms with Gasteiger partial charge in [-0.15, -0.1) is 0 Å². The Morgan fingerprint density at radius 1 is 1.07 bits per heavy atom. The van der Waals surface area contributed by atoms with Crippen LogP contribution in [0.4, 0.5) is 5.69 Å². The van der Waals surface area contributed by atoms with Crippen molar-refractivity contribution in [3.05, 3.63) is 76.3 Å². The van der Waals surface area contributed by atoms with Crippen molar-refractivity contribution in [1.82, 2.24) is 4.98 Å². The van der Waals surface area contributed by atoms with Crippen LogP contribution in [0.15, 0.2) is 65.1 Å². The molecule has 0 aliphatic heterocycles. The van der Waals surface area contributed by atoms with Crippen molar-refractivity contribution in [2.45, 2.75) is 0 Å². The Labute approximate surface area is 170 Å². The molecule has 4 aromatic rings. The highest BCUT2D eigenvalue weighted by Gasteiger charge is 2.14. The van der Waals surface area contributed by atoms with Gasteiger partial charge in [0.1, 0.15) is 11.3 Å². The number of oxazole rings is 1. The number of aromatic nitrogens is 1. The lowest BCUT2D eigenvalue weighted by Crippen LogP contribution is -2.11. The van der Waals surface area contributed by atoms with Gasteiger partial charge in [-0.1, -0.05) is 29.3 Å². The zero-order chi connectivity index (χ0) is 19.7. The van der Waals surface area contributed by atoms with Crippen molar-refractivity contribution in [2.75, 3.05) is 12.4 Å². The molecule has 3 aromatic carbocycles. The Morgan fingerprint density at radius 3 is 2.61 bits per heavy atom.